The molecule has 0 saturated carbocycles. The number of nitrogens with one attached hydrogen (secondary N) is 3. The first-order valence-corrected chi connectivity index (χ1v) is 17.6. The van der Waals surface area contributed by atoms with E-state index in [-0.39, 0.29) is 29.5 Å². The number of benzene rings is 2. The van der Waals surface area contributed by atoms with E-state index in [2.05, 4.69) is 25.9 Å². The molecule has 0 radical (unpaired) electrons. The minimum absolute atomic E-state index is 0.0190. The topological polar surface area (TPSA) is 136 Å². The Hall–Kier alpha value is -3.90. The first kappa shape index (κ1) is 33.0. The standard InChI is InChI=1S/C36H44N4O6S/c41-30-10-8-28(29-9-11-33(43)38-35(29)30)31(42)21-37-15-3-1-2-4-18-45-27-7-5-6-25(20-27)34(26-14-19-47-23-26)39-36(44)46-32-22-40-16-12-24(32)13-17-40/h5-11,14,19-20,23-24,31-32,34,37,41-42H,1-4,12-13,15-18,21-22H2,(H,38,43)(H,39,44). The van der Waals surface area contributed by atoms with Crippen LogP contribution in [0.25, 0.3) is 10.9 Å². The number of piperidine rings is 3. The molecule has 3 aliphatic heterocycles. The zero-order chi connectivity index (χ0) is 32.6. The van der Waals surface area contributed by atoms with Crippen LogP contribution in [0.15, 0.2) is 70.2 Å². The molecule has 2 aromatic carbocycles. The molecule has 2 bridgehead atoms. The first-order valence-electron chi connectivity index (χ1n) is 16.6. The number of rotatable bonds is 15. The summed E-state index contributed by atoms with van der Waals surface area (Å²) in [6.07, 6.45) is 4.94. The van der Waals surface area contributed by atoms with Crippen molar-refractivity contribution >= 4 is 28.3 Å². The number of unbranched alkanes of at least 4 members (excludes halogenated alkanes) is 3. The highest BCUT2D eigenvalue weighted by Crippen LogP contribution is 2.31. The minimum Gasteiger partial charge on any atom is -0.506 e. The van der Waals surface area contributed by atoms with Crippen molar-refractivity contribution in [2.75, 3.05) is 39.3 Å². The van der Waals surface area contributed by atoms with Crippen molar-refractivity contribution in [3.8, 4) is 11.5 Å². The third kappa shape index (κ3) is 8.53. The van der Waals surface area contributed by atoms with Gasteiger partial charge in [0, 0.05) is 24.5 Å². The highest BCUT2D eigenvalue weighted by Gasteiger charge is 2.37. The lowest BCUT2D eigenvalue weighted by atomic mass is 9.86. The van der Waals surface area contributed by atoms with Crippen molar-refractivity contribution in [1.29, 1.82) is 0 Å². The molecule has 3 atom stereocenters. The van der Waals surface area contributed by atoms with E-state index < -0.39 is 6.10 Å². The Kier molecular flexibility index (Phi) is 11.1. The van der Waals surface area contributed by atoms with E-state index >= 15 is 0 Å². The summed E-state index contributed by atoms with van der Waals surface area (Å²) in [5, 5.41) is 31.9. The molecular formula is C36H44N4O6S. The van der Waals surface area contributed by atoms with Crippen LogP contribution in [0, 0.1) is 5.92 Å². The normalized spacial score (nSPS) is 20.1. The second kappa shape index (κ2) is 15.8. The van der Waals surface area contributed by atoms with Crippen molar-refractivity contribution in [3.63, 3.8) is 0 Å². The van der Waals surface area contributed by atoms with E-state index in [1.165, 1.54) is 12.1 Å². The number of hydrogen-bond acceptors (Lipinski definition) is 9. The van der Waals surface area contributed by atoms with Crippen molar-refractivity contribution < 1.29 is 24.5 Å². The fourth-order valence-electron chi connectivity index (χ4n) is 6.71. The summed E-state index contributed by atoms with van der Waals surface area (Å²) in [5.74, 6) is 1.21. The second-order valence-corrected chi connectivity index (χ2v) is 13.3. The Bertz CT molecular complexity index is 1670. The number of alkyl carbamates (subject to hydrolysis) is 1. The number of pyridine rings is 1. The Labute approximate surface area is 278 Å². The number of hydrogen-bond donors (Lipinski definition) is 5. The van der Waals surface area contributed by atoms with Crippen LogP contribution in [0.2, 0.25) is 0 Å². The lowest BCUT2D eigenvalue weighted by molar-refractivity contribution is -0.0336. The zero-order valence-corrected chi connectivity index (χ0v) is 27.3. The van der Waals surface area contributed by atoms with Gasteiger partial charge in [-0.1, -0.05) is 31.0 Å². The average Bonchev–Trinajstić information content (AvgIpc) is 3.62. The Morgan fingerprint density at radius 2 is 1.89 bits per heavy atom. The Morgan fingerprint density at radius 1 is 1.04 bits per heavy atom. The van der Waals surface area contributed by atoms with Crippen LogP contribution in [0.1, 0.15) is 67.4 Å². The summed E-state index contributed by atoms with van der Waals surface area (Å²) in [6, 6.07) is 15.8. The quantitative estimate of drug-likeness (QED) is 0.106. The number of aromatic hydroxyl groups is 1. The maximum absolute atomic E-state index is 13.0. The second-order valence-electron chi connectivity index (χ2n) is 12.6. The molecule has 0 aliphatic carbocycles. The molecule has 10 nitrogen and oxygen atoms in total. The maximum atomic E-state index is 13.0. The van der Waals surface area contributed by atoms with Gasteiger partial charge in [0.1, 0.15) is 17.6 Å². The van der Waals surface area contributed by atoms with Crippen LogP contribution >= 0.6 is 11.3 Å². The van der Waals surface area contributed by atoms with Crippen LogP contribution in [0.4, 0.5) is 4.79 Å². The van der Waals surface area contributed by atoms with Gasteiger partial charge >= 0.3 is 6.09 Å². The number of ether oxygens (including phenoxy) is 2. The maximum Gasteiger partial charge on any atom is 0.408 e. The molecule has 7 rings (SSSR count). The van der Waals surface area contributed by atoms with Gasteiger partial charge in [-0.2, -0.15) is 11.3 Å². The molecule has 3 saturated heterocycles. The molecule has 5 heterocycles. The Morgan fingerprint density at radius 3 is 2.68 bits per heavy atom. The van der Waals surface area contributed by atoms with Gasteiger partial charge in [-0.25, -0.2) is 4.79 Å². The summed E-state index contributed by atoms with van der Waals surface area (Å²) in [6.45, 7) is 4.78. The van der Waals surface area contributed by atoms with E-state index in [4.69, 9.17) is 9.47 Å². The lowest BCUT2D eigenvalue weighted by Crippen LogP contribution is -2.52. The number of amides is 1. The van der Waals surface area contributed by atoms with Crippen LogP contribution in [0.5, 0.6) is 11.5 Å². The summed E-state index contributed by atoms with van der Waals surface area (Å²) >= 11 is 1.60. The molecule has 4 aromatic rings. The van der Waals surface area contributed by atoms with E-state index in [0.29, 0.717) is 35.5 Å². The predicted octanol–water partition coefficient (Wildman–Crippen LogP) is 5.47. The number of aromatic amines is 1. The number of carbonyl (C=O) groups is 1. The molecule has 11 heteroatoms. The number of H-pyrrole nitrogens is 1. The fourth-order valence-corrected chi connectivity index (χ4v) is 7.40. The van der Waals surface area contributed by atoms with Gasteiger partial charge in [0.2, 0.25) is 5.56 Å². The molecule has 3 aliphatic rings. The van der Waals surface area contributed by atoms with Gasteiger partial charge in [-0.05, 0) is 109 Å². The third-order valence-electron chi connectivity index (χ3n) is 9.30. The minimum atomic E-state index is -0.765. The molecule has 1 amide bonds. The van der Waals surface area contributed by atoms with Crippen LogP contribution in [-0.2, 0) is 4.74 Å². The molecule has 3 unspecified atom stereocenters. The van der Waals surface area contributed by atoms with Gasteiger partial charge in [-0.15, -0.1) is 0 Å². The number of phenolic OH excluding ortho intramolecular Hbond substituents is 1. The SMILES string of the molecule is O=C(NC(c1ccsc1)c1cccc(OCCCCCCNCC(O)c2ccc(O)c3[nH]c(=O)ccc23)c1)OC1CN2CCC1CC2. The molecular weight excluding hydrogens is 616 g/mol. The Balaban J connectivity index is 0.912. The zero-order valence-electron chi connectivity index (χ0n) is 26.5. The predicted molar refractivity (Wildman–Crippen MR) is 183 cm³/mol. The number of aliphatic hydroxyl groups is 1. The summed E-state index contributed by atoms with van der Waals surface area (Å²) in [5.41, 5.74) is 2.66. The van der Waals surface area contributed by atoms with Crippen LogP contribution < -0.4 is 20.9 Å². The number of aromatic nitrogens is 1. The van der Waals surface area contributed by atoms with Crippen LogP contribution in [-0.4, -0.2) is 71.6 Å². The summed E-state index contributed by atoms with van der Waals surface area (Å²) in [4.78, 5) is 29.7. The summed E-state index contributed by atoms with van der Waals surface area (Å²) < 4.78 is 12.0. The van der Waals surface area contributed by atoms with Gasteiger partial charge in [0.05, 0.1) is 24.3 Å². The van der Waals surface area contributed by atoms with Crippen molar-refractivity contribution in [1.82, 2.24) is 20.5 Å². The lowest BCUT2D eigenvalue weighted by Gasteiger charge is -2.43. The first-order chi connectivity index (χ1) is 22.9. The molecule has 5 N–H and O–H groups in total. The number of thiophene rings is 1. The monoisotopic (exact) mass is 660 g/mol. The van der Waals surface area contributed by atoms with E-state index in [0.717, 1.165) is 81.6 Å². The molecule has 250 valence electrons. The number of carbonyl (C=O) groups excluding carboxylic acids is 1. The van der Waals surface area contributed by atoms with Crippen molar-refractivity contribution in [2.24, 2.45) is 5.92 Å². The van der Waals surface area contributed by atoms with Crippen LogP contribution in [0.3, 0.4) is 0 Å². The number of fused-ring (bicyclic) bond motifs is 4. The highest BCUT2D eigenvalue weighted by molar-refractivity contribution is 7.08. The van der Waals surface area contributed by atoms with Crippen molar-refractivity contribution in [2.45, 2.75) is 56.8 Å². The smallest absolute Gasteiger partial charge is 0.408 e. The van der Waals surface area contributed by atoms with Gasteiger partial charge < -0.3 is 35.3 Å². The van der Waals surface area contributed by atoms with Gasteiger partial charge in [0.15, 0.2) is 0 Å². The summed E-state index contributed by atoms with van der Waals surface area (Å²) in [7, 11) is 0. The number of aliphatic hydroxyl groups excluding tert-OH is 1. The third-order valence-corrected chi connectivity index (χ3v) is 10.0. The average molecular weight is 661 g/mol. The molecule has 2 aromatic heterocycles. The number of nitrogens with zero attached hydrogens (tertiary/aromatic N) is 1. The largest absolute Gasteiger partial charge is 0.506 e. The van der Waals surface area contributed by atoms with E-state index in [9.17, 15) is 19.8 Å². The fraction of sp³-hybridized carbons (Fsp3) is 0.444. The molecule has 0 spiro atoms. The van der Waals surface area contributed by atoms with Crippen molar-refractivity contribution in [3.05, 3.63) is 92.4 Å². The number of phenols is 1. The molecule has 3 fully saturated rings. The highest BCUT2D eigenvalue weighted by atomic mass is 32.1. The van der Waals surface area contributed by atoms with E-state index in [1.54, 1.807) is 23.5 Å². The van der Waals surface area contributed by atoms with Gasteiger partial charge in [0.25, 0.3) is 0 Å². The molecule has 47 heavy (non-hydrogen) atoms. The van der Waals surface area contributed by atoms with E-state index in [1.807, 2.05) is 35.7 Å². The van der Waals surface area contributed by atoms with Gasteiger partial charge in [-0.3, -0.25) is 9.69 Å².